The largest absolute Gasteiger partial charge is 0.319 e. The molecule has 0 aliphatic rings. The number of nitrogens with zero attached hydrogens (tertiary/aromatic N) is 2. The molecule has 0 saturated heterocycles. The van der Waals surface area contributed by atoms with Crippen LogP contribution in [0.1, 0.15) is 0 Å². The van der Waals surface area contributed by atoms with Crippen molar-refractivity contribution in [2.75, 3.05) is 0 Å². The van der Waals surface area contributed by atoms with Gasteiger partial charge in [-0.05, 0) is 5.51 Å². The molecule has 0 fully saturated rings. The average molecular weight is 235 g/mol. The molecular weight excluding hydrogens is 234 g/mol. The monoisotopic (exact) mass is 237 g/mol. The fourth-order valence-corrected chi connectivity index (χ4v) is 0.354. The summed E-state index contributed by atoms with van der Waals surface area (Å²) in [5, 5.41) is 6.80. The maximum atomic E-state index is 3.44. The van der Waals surface area contributed by atoms with Gasteiger partial charge in [-0.3, -0.25) is 10.2 Å². The van der Waals surface area contributed by atoms with E-state index in [1.165, 1.54) is 11.3 Å². The second kappa shape index (κ2) is 4.07. The molecule has 0 bridgehead atoms. The van der Waals surface area contributed by atoms with E-state index in [2.05, 4.69) is 15.7 Å². The van der Waals surface area contributed by atoms with Crippen molar-refractivity contribution < 1.29 is 40.4 Å². The fourth-order valence-electron chi connectivity index (χ4n) is 0.118. The van der Waals surface area contributed by atoms with Crippen LogP contribution in [0, 0.1) is 45.9 Å². The minimum atomic E-state index is 0. The van der Waals surface area contributed by atoms with Crippen LogP contribution in [0.25, 0.3) is 0 Å². The van der Waals surface area contributed by atoms with Crippen molar-refractivity contribution in [3.8, 4) is 0 Å². The zero-order valence-corrected chi connectivity index (χ0v) is 6.22. The van der Waals surface area contributed by atoms with Crippen LogP contribution in [-0.4, -0.2) is 10.2 Å². The van der Waals surface area contributed by atoms with Crippen LogP contribution in [0.3, 0.4) is 0 Å². The molecule has 0 atom stereocenters. The van der Waals surface area contributed by atoms with Crippen LogP contribution in [-0.2, 0) is 0 Å². The van der Waals surface area contributed by atoms with Gasteiger partial charge < -0.3 is 11.3 Å². The van der Waals surface area contributed by atoms with Crippen LogP contribution >= 0.6 is 11.3 Å². The number of rotatable bonds is 0. The third kappa shape index (κ3) is 2.14. The second-order valence-electron chi connectivity index (χ2n) is 0.530. The maximum Gasteiger partial charge on any atom is 0 e. The first-order valence-corrected chi connectivity index (χ1v) is 2.00. The van der Waals surface area contributed by atoms with Crippen molar-refractivity contribution in [2.24, 2.45) is 0 Å². The van der Waals surface area contributed by atoms with Crippen LogP contribution in [0.2, 0.25) is 0 Å². The Morgan fingerprint density at radius 1 is 1.67 bits per heavy atom. The van der Waals surface area contributed by atoms with Crippen molar-refractivity contribution in [1.29, 1.82) is 0 Å². The van der Waals surface area contributed by atoms with E-state index in [9.17, 15) is 0 Å². The number of aromatic nitrogens is 2. The molecule has 2 nitrogen and oxygen atoms in total. The Kier molecular flexibility index (Phi) is 4.68. The van der Waals surface area contributed by atoms with Gasteiger partial charge in [-0.25, -0.2) is 0 Å². The zero-order valence-electron chi connectivity index (χ0n) is 2.79. The summed E-state index contributed by atoms with van der Waals surface area (Å²) in [6.45, 7) is 0. The molecular formula is C2HN2SSm-. The summed E-state index contributed by atoms with van der Waals surface area (Å²) in [6.07, 6.45) is 0. The quantitative estimate of drug-likeness (QED) is 0.606. The maximum absolute atomic E-state index is 3.44. The van der Waals surface area contributed by atoms with Crippen LogP contribution in [0.15, 0.2) is 5.51 Å². The van der Waals surface area contributed by atoms with E-state index in [1.54, 1.807) is 5.51 Å². The molecule has 32 valence electrons. The Bertz CT molecular complexity index is 68.0. The molecule has 0 aliphatic carbocycles. The molecule has 0 N–H and O–H groups in total. The zero-order chi connectivity index (χ0) is 3.54. The smallest absolute Gasteiger partial charge is 0 e. The molecule has 1 heterocycles. The van der Waals surface area contributed by atoms with Crippen molar-refractivity contribution >= 4 is 11.3 Å². The van der Waals surface area contributed by atoms with E-state index in [0.717, 1.165) is 0 Å². The topological polar surface area (TPSA) is 25.8 Å². The molecule has 1 rings (SSSR count). The Balaban J connectivity index is 0.000000250. The second-order valence-corrected chi connectivity index (χ2v) is 1.16. The predicted octanol–water partition coefficient (Wildman–Crippen LogP) is 0.338. The summed E-state index contributed by atoms with van der Waals surface area (Å²) < 4.78 is 0. The molecule has 6 heavy (non-hydrogen) atoms. The predicted molar refractivity (Wildman–Crippen MR) is 18.7 cm³/mol. The first-order valence-electron chi connectivity index (χ1n) is 1.12. The van der Waals surface area contributed by atoms with Crippen LogP contribution in [0.5, 0.6) is 0 Å². The van der Waals surface area contributed by atoms with Gasteiger partial charge in [0.2, 0.25) is 0 Å². The van der Waals surface area contributed by atoms with Gasteiger partial charge in [0.1, 0.15) is 0 Å². The summed E-state index contributed by atoms with van der Waals surface area (Å²) >= 11 is 1.37. The molecule has 0 aliphatic heterocycles. The molecule has 0 radical (unpaired) electrons. The van der Waals surface area contributed by atoms with Gasteiger partial charge in [0.25, 0.3) is 0 Å². The molecule has 0 amide bonds. The Morgan fingerprint density at radius 2 is 2.50 bits per heavy atom. The third-order valence-corrected chi connectivity index (χ3v) is 0.638. The number of hydrogen-bond donors (Lipinski definition) is 0. The Morgan fingerprint density at radius 3 is 2.67 bits per heavy atom. The van der Waals surface area contributed by atoms with E-state index in [4.69, 9.17) is 0 Å². The molecule has 4 heteroatoms. The summed E-state index contributed by atoms with van der Waals surface area (Å²) in [7, 11) is 0. The van der Waals surface area contributed by atoms with Gasteiger partial charge in [-0.1, -0.05) is 5.51 Å². The van der Waals surface area contributed by atoms with Gasteiger partial charge in [0.05, 0.1) is 0 Å². The van der Waals surface area contributed by atoms with E-state index < -0.39 is 0 Å². The standard InChI is InChI=1S/C2HN2S.Sm/c1-3-4-2-5-1;/h1H;/q-1;. The van der Waals surface area contributed by atoms with E-state index in [1.807, 2.05) is 0 Å². The first kappa shape index (κ1) is 6.90. The minimum Gasteiger partial charge on any atom is -0.319 e. The van der Waals surface area contributed by atoms with Gasteiger partial charge in [0.15, 0.2) is 0 Å². The Hall–Kier alpha value is 0.898. The molecule has 1 aromatic rings. The fraction of sp³-hybridized carbons (Fsp3) is 0. The first-order chi connectivity index (χ1) is 2.50. The van der Waals surface area contributed by atoms with Crippen LogP contribution in [0.4, 0.5) is 0 Å². The SMILES string of the molecule is [Sm].[c-]1nncs1. The van der Waals surface area contributed by atoms with Gasteiger partial charge in [-0.15, -0.1) is 0 Å². The van der Waals surface area contributed by atoms with Crippen LogP contribution < -0.4 is 0 Å². The Labute approximate surface area is 72.1 Å². The van der Waals surface area contributed by atoms with Crippen molar-refractivity contribution in [2.45, 2.75) is 0 Å². The van der Waals surface area contributed by atoms with Gasteiger partial charge in [-0.2, -0.15) is 0 Å². The van der Waals surface area contributed by atoms with E-state index in [-0.39, 0.29) is 40.4 Å². The molecule has 0 unspecified atom stereocenters. The summed E-state index contributed by atoms with van der Waals surface area (Å²) in [4.78, 5) is 0. The van der Waals surface area contributed by atoms with Crippen molar-refractivity contribution in [3.63, 3.8) is 0 Å². The minimum absolute atomic E-state index is 0. The average Bonchev–Trinajstić information content (AvgIpc) is 1.76. The molecule has 1 aromatic heterocycles. The van der Waals surface area contributed by atoms with Gasteiger partial charge in [0, 0.05) is 40.4 Å². The van der Waals surface area contributed by atoms with Crippen molar-refractivity contribution in [3.05, 3.63) is 11.0 Å². The number of hydrogen-bond acceptors (Lipinski definition) is 3. The molecule has 0 spiro atoms. The third-order valence-electron chi connectivity index (χ3n) is 0.251. The summed E-state index contributed by atoms with van der Waals surface area (Å²) in [5.74, 6) is 0. The summed E-state index contributed by atoms with van der Waals surface area (Å²) in [6, 6.07) is 0. The van der Waals surface area contributed by atoms with E-state index >= 15 is 0 Å². The molecule has 0 saturated carbocycles. The van der Waals surface area contributed by atoms with E-state index in [0.29, 0.717) is 0 Å². The summed E-state index contributed by atoms with van der Waals surface area (Å²) in [5.41, 5.74) is 4.17. The van der Waals surface area contributed by atoms with Gasteiger partial charge >= 0.3 is 0 Å². The normalized spacial score (nSPS) is 6.67. The van der Waals surface area contributed by atoms with Crippen molar-refractivity contribution in [1.82, 2.24) is 10.2 Å². The molecule has 0 aromatic carbocycles.